The molecule has 0 aromatic heterocycles. The highest BCUT2D eigenvalue weighted by Gasteiger charge is 2.85. The van der Waals surface area contributed by atoms with Crippen molar-refractivity contribution in [3.05, 3.63) is 35.4 Å². The third-order valence-electron chi connectivity index (χ3n) is 3.87. The molecule has 32 heavy (non-hydrogen) atoms. The van der Waals surface area contributed by atoms with Crippen LogP contribution < -0.4 is 0 Å². The molecule has 0 spiro atoms. The van der Waals surface area contributed by atoms with E-state index in [9.17, 15) is 57.5 Å². The molecule has 0 aliphatic heterocycles. The first-order valence-electron chi connectivity index (χ1n) is 7.89. The molecule has 1 aromatic rings. The molecule has 0 bridgehead atoms. The van der Waals surface area contributed by atoms with Crippen molar-refractivity contribution in [2.45, 2.75) is 23.3 Å². The summed E-state index contributed by atoms with van der Waals surface area (Å²) in [7, 11) is -6.71. The minimum Gasteiger partial charge on any atom is -0.478 e. The van der Waals surface area contributed by atoms with Crippen molar-refractivity contribution in [1.29, 1.82) is 0 Å². The Morgan fingerprint density at radius 3 is 1.84 bits per heavy atom. The zero-order valence-electron chi connectivity index (χ0n) is 15.5. The Morgan fingerprint density at radius 1 is 0.938 bits per heavy atom. The second-order valence-corrected chi connectivity index (χ2v) is 8.06. The number of rotatable bonds is 9. The Hall–Kier alpha value is -2.56. The third kappa shape index (κ3) is 4.62. The van der Waals surface area contributed by atoms with E-state index in [-0.39, 0.29) is 7.05 Å². The van der Waals surface area contributed by atoms with Gasteiger partial charge in [-0.1, -0.05) is 12.1 Å². The topological polar surface area (TPSA) is 101 Å². The van der Waals surface area contributed by atoms with Gasteiger partial charge < -0.3 is 9.84 Å². The predicted molar refractivity (Wildman–Crippen MR) is 86.1 cm³/mol. The number of sulfonamides is 1. The maximum Gasteiger partial charge on any atom is 0.460 e. The van der Waals surface area contributed by atoms with E-state index < -0.39 is 73.8 Å². The van der Waals surface area contributed by atoms with E-state index >= 15 is 0 Å². The molecule has 1 N–H and O–H groups in total. The Morgan fingerprint density at radius 2 is 1.41 bits per heavy atom. The molecule has 0 radical (unpaired) electrons. The third-order valence-corrected chi connectivity index (χ3v) is 5.77. The summed E-state index contributed by atoms with van der Waals surface area (Å²) in [5.74, 6) is -17.8. The van der Waals surface area contributed by atoms with Gasteiger partial charge in [0.05, 0.1) is 11.1 Å². The summed E-state index contributed by atoms with van der Waals surface area (Å²) in [4.78, 5) is 22.9. The van der Waals surface area contributed by atoms with E-state index in [4.69, 9.17) is 5.11 Å². The number of alkyl halides is 9. The highest BCUT2D eigenvalue weighted by Crippen LogP contribution is 2.55. The largest absolute Gasteiger partial charge is 0.478 e. The van der Waals surface area contributed by atoms with E-state index in [1.54, 1.807) is 0 Å². The van der Waals surface area contributed by atoms with Crippen molar-refractivity contribution < 1.29 is 67.4 Å². The Bertz CT molecular complexity index is 978. The fourth-order valence-electron chi connectivity index (χ4n) is 2.03. The SMILES string of the molecule is CN(CCOC(=O)c1ccccc1C(=O)O)S(=O)(=O)C(F)(F)C(F)(F)C(F)(F)C(F)(F)F. The number of benzene rings is 1. The van der Waals surface area contributed by atoms with Gasteiger partial charge in [-0.2, -0.15) is 43.8 Å². The van der Waals surface area contributed by atoms with Gasteiger partial charge in [0, 0.05) is 13.6 Å². The van der Waals surface area contributed by atoms with Crippen molar-refractivity contribution >= 4 is 22.0 Å². The number of aromatic carboxylic acids is 1. The first-order chi connectivity index (χ1) is 14.2. The first-order valence-corrected chi connectivity index (χ1v) is 9.33. The molecule has 1 aromatic carbocycles. The fraction of sp³-hybridized carbons (Fsp3) is 0.467. The molecular weight excluding hydrogens is 493 g/mol. The number of nitrogens with zero attached hydrogens (tertiary/aromatic N) is 1. The van der Waals surface area contributed by atoms with Gasteiger partial charge in [0.2, 0.25) is 0 Å². The van der Waals surface area contributed by atoms with Crippen molar-refractivity contribution in [2.24, 2.45) is 0 Å². The molecule has 7 nitrogen and oxygen atoms in total. The van der Waals surface area contributed by atoms with E-state index in [1.165, 1.54) is 12.1 Å². The molecule has 0 atom stereocenters. The standard InChI is InChI=1S/C15H12F9NO6S/c1-25(6-7-31-11(28)9-5-3-2-4-8(9)10(26)27)32(29,30)15(23,24)13(18,19)12(16,17)14(20,21)22/h2-5H,6-7H2,1H3,(H,26,27). The molecule has 0 heterocycles. The number of carboxylic acids is 1. The lowest BCUT2D eigenvalue weighted by molar-refractivity contribution is -0.382. The van der Waals surface area contributed by atoms with Gasteiger partial charge in [-0.3, -0.25) is 0 Å². The lowest BCUT2D eigenvalue weighted by Gasteiger charge is -2.34. The van der Waals surface area contributed by atoms with Crippen LogP contribution in [0, 0.1) is 0 Å². The lowest BCUT2D eigenvalue weighted by atomic mass is 10.1. The number of carboxylic acid groups (broad SMARTS) is 1. The average Bonchev–Trinajstić information content (AvgIpc) is 2.66. The van der Waals surface area contributed by atoms with E-state index in [0.717, 1.165) is 12.1 Å². The van der Waals surface area contributed by atoms with Crippen molar-refractivity contribution in [3.8, 4) is 0 Å². The highest BCUT2D eigenvalue weighted by molar-refractivity contribution is 7.90. The summed E-state index contributed by atoms with van der Waals surface area (Å²) in [6.45, 7) is -2.56. The van der Waals surface area contributed by atoms with Crippen LogP contribution in [0.15, 0.2) is 24.3 Å². The van der Waals surface area contributed by atoms with Crippen LogP contribution in [-0.4, -0.2) is 73.2 Å². The number of carbonyl (C=O) groups excluding carboxylic acids is 1. The second-order valence-electron chi connectivity index (χ2n) is 5.98. The summed E-state index contributed by atoms with van der Waals surface area (Å²) in [5.41, 5.74) is -1.13. The summed E-state index contributed by atoms with van der Waals surface area (Å²) >= 11 is 0. The van der Waals surface area contributed by atoms with Crippen molar-refractivity contribution in [3.63, 3.8) is 0 Å². The van der Waals surface area contributed by atoms with E-state index in [1.807, 2.05) is 0 Å². The lowest BCUT2D eigenvalue weighted by Crippen LogP contribution is -2.65. The quantitative estimate of drug-likeness (QED) is 0.409. The maximum absolute atomic E-state index is 13.7. The van der Waals surface area contributed by atoms with Gasteiger partial charge in [0.15, 0.2) is 0 Å². The molecule has 0 aliphatic rings. The second kappa shape index (κ2) is 8.76. The number of hydrogen-bond acceptors (Lipinski definition) is 5. The number of halogens is 9. The smallest absolute Gasteiger partial charge is 0.460 e. The monoisotopic (exact) mass is 505 g/mol. The Balaban J connectivity index is 3.02. The fourth-order valence-corrected chi connectivity index (χ4v) is 3.19. The van der Waals surface area contributed by atoms with Gasteiger partial charge in [0.1, 0.15) is 6.61 Å². The molecule has 0 amide bonds. The molecule has 0 saturated carbocycles. The van der Waals surface area contributed by atoms with E-state index in [0.29, 0.717) is 0 Å². The maximum atomic E-state index is 13.7. The number of hydrogen-bond donors (Lipinski definition) is 1. The van der Waals surface area contributed by atoms with Crippen LogP contribution in [-0.2, 0) is 14.8 Å². The highest BCUT2D eigenvalue weighted by atomic mass is 32.2. The molecule has 182 valence electrons. The summed E-state index contributed by atoms with van der Waals surface area (Å²) in [6, 6.07) is 4.35. The number of carbonyl (C=O) groups is 2. The average molecular weight is 505 g/mol. The van der Waals surface area contributed by atoms with Gasteiger partial charge in [-0.15, -0.1) is 0 Å². The van der Waals surface area contributed by atoms with Crippen molar-refractivity contribution in [2.75, 3.05) is 20.2 Å². The van der Waals surface area contributed by atoms with Crippen LogP contribution in [0.3, 0.4) is 0 Å². The van der Waals surface area contributed by atoms with Crippen LogP contribution in [0.1, 0.15) is 20.7 Å². The first kappa shape index (κ1) is 27.5. The number of ether oxygens (including phenoxy) is 1. The van der Waals surface area contributed by atoms with Crippen LogP contribution in [0.4, 0.5) is 39.5 Å². The van der Waals surface area contributed by atoms with Gasteiger partial charge in [-0.05, 0) is 12.1 Å². The van der Waals surface area contributed by atoms with Gasteiger partial charge >= 0.3 is 35.2 Å². The number of likely N-dealkylation sites (N-methyl/N-ethyl adjacent to an activating group) is 1. The zero-order valence-corrected chi connectivity index (χ0v) is 16.3. The number of esters is 1. The molecule has 0 aliphatic carbocycles. The minimum absolute atomic E-state index is 0.129. The molecule has 17 heteroatoms. The summed E-state index contributed by atoms with van der Waals surface area (Å²) < 4.78 is 143. The van der Waals surface area contributed by atoms with Crippen LogP contribution in [0.5, 0.6) is 0 Å². The molecule has 1 rings (SSSR count). The molecular formula is C15H12F9NO6S. The Labute approximate surface area is 173 Å². The van der Waals surface area contributed by atoms with Crippen LogP contribution >= 0.6 is 0 Å². The predicted octanol–water partition coefficient (Wildman–Crippen LogP) is 3.23. The van der Waals surface area contributed by atoms with E-state index in [2.05, 4.69) is 4.74 Å². The Kier molecular flexibility index (Phi) is 7.52. The van der Waals surface area contributed by atoms with Crippen LogP contribution in [0.2, 0.25) is 0 Å². The summed E-state index contributed by atoms with van der Waals surface area (Å²) in [6.07, 6.45) is -7.21. The normalized spacial score (nSPS) is 13.8. The van der Waals surface area contributed by atoms with Gasteiger partial charge in [0.25, 0.3) is 10.0 Å². The molecule has 0 saturated heterocycles. The van der Waals surface area contributed by atoms with Crippen LogP contribution in [0.25, 0.3) is 0 Å². The summed E-state index contributed by atoms with van der Waals surface area (Å²) in [5, 5.41) is 2.01. The molecule has 0 unspecified atom stereocenters. The zero-order chi connectivity index (χ0) is 25.3. The minimum atomic E-state index is -7.41. The molecule has 0 fully saturated rings. The van der Waals surface area contributed by atoms with Crippen molar-refractivity contribution in [1.82, 2.24) is 4.31 Å². The van der Waals surface area contributed by atoms with Gasteiger partial charge in [-0.25, -0.2) is 18.0 Å².